The number of hydrogen-bond donors (Lipinski definition) is 0. The molecule has 1 heterocycles. The van der Waals surface area contributed by atoms with Gasteiger partial charge in [-0.1, -0.05) is 13.0 Å². The number of methoxy groups -OCH3 is 1. The second kappa shape index (κ2) is 5.87. The van der Waals surface area contributed by atoms with Gasteiger partial charge >= 0.3 is 0 Å². The third-order valence-corrected chi connectivity index (χ3v) is 3.64. The Morgan fingerprint density at radius 2 is 2.11 bits per heavy atom. The van der Waals surface area contributed by atoms with Gasteiger partial charge in [0.25, 0.3) is 0 Å². The van der Waals surface area contributed by atoms with Crippen LogP contribution < -0.4 is 9.47 Å². The smallest absolute Gasteiger partial charge is 0.161 e. The normalized spacial score (nSPS) is 10.4. The molecule has 96 valence electrons. The van der Waals surface area contributed by atoms with Crippen LogP contribution in [0, 0.1) is 6.92 Å². The average molecular weight is 263 g/mol. The van der Waals surface area contributed by atoms with Gasteiger partial charge in [-0.25, -0.2) is 4.98 Å². The minimum Gasteiger partial charge on any atom is -0.493 e. The maximum absolute atomic E-state index is 5.75. The van der Waals surface area contributed by atoms with Gasteiger partial charge in [-0.3, -0.25) is 0 Å². The van der Waals surface area contributed by atoms with Crippen LogP contribution in [-0.4, -0.2) is 12.1 Å². The Morgan fingerprint density at radius 3 is 2.78 bits per heavy atom. The number of nitrogens with zero attached hydrogens (tertiary/aromatic N) is 1. The highest BCUT2D eigenvalue weighted by atomic mass is 32.1. The first-order valence-electron chi connectivity index (χ1n) is 5.93. The molecule has 0 saturated carbocycles. The van der Waals surface area contributed by atoms with Crippen LogP contribution in [0.4, 0.5) is 0 Å². The highest BCUT2D eigenvalue weighted by Gasteiger charge is 2.06. The second-order valence-corrected chi connectivity index (χ2v) is 4.97. The first kappa shape index (κ1) is 12.9. The van der Waals surface area contributed by atoms with Gasteiger partial charge in [0.1, 0.15) is 6.61 Å². The predicted octanol–water partition coefficient (Wildman–Crippen LogP) is 3.60. The van der Waals surface area contributed by atoms with Gasteiger partial charge in [0.05, 0.1) is 17.8 Å². The monoisotopic (exact) mass is 263 g/mol. The summed E-state index contributed by atoms with van der Waals surface area (Å²) < 4.78 is 11.0. The van der Waals surface area contributed by atoms with E-state index in [0.29, 0.717) is 6.61 Å². The Bertz CT molecular complexity index is 522. The van der Waals surface area contributed by atoms with E-state index in [0.717, 1.165) is 34.2 Å². The molecule has 1 aromatic carbocycles. The summed E-state index contributed by atoms with van der Waals surface area (Å²) in [5.74, 6) is 1.52. The first-order valence-corrected chi connectivity index (χ1v) is 6.81. The number of aromatic nitrogens is 1. The molecule has 0 unspecified atom stereocenters. The lowest BCUT2D eigenvalue weighted by atomic mass is 10.2. The maximum Gasteiger partial charge on any atom is 0.161 e. The summed E-state index contributed by atoms with van der Waals surface area (Å²) >= 11 is 1.67. The van der Waals surface area contributed by atoms with Gasteiger partial charge in [-0.15, -0.1) is 11.3 Å². The third kappa shape index (κ3) is 3.01. The van der Waals surface area contributed by atoms with E-state index in [1.54, 1.807) is 18.4 Å². The van der Waals surface area contributed by atoms with Gasteiger partial charge in [0, 0.05) is 5.38 Å². The van der Waals surface area contributed by atoms with Gasteiger partial charge in [-0.2, -0.15) is 0 Å². The van der Waals surface area contributed by atoms with E-state index in [-0.39, 0.29) is 0 Å². The molecule has 2 rings (SSSR count). The minimum atomic E-state index is 0.482. The first-order chi connectivity index (χ1) is 8.72. The highest BCUT2D eigenvalue weighted by molar-refractivity contribution is 7.09. The predicted molar refractivity (Wildman–Crippen MR) is 73.6 cm³/mol. The molecule has 0 aliphatic heterocycles. The van der Waals surface area contributed by atoms with E-state index in [1.807, 2.05) is 30.5 Å². The molecule has 1 aromatic heterocycles. The number of aryl methyl sites for hydroxylation is 2. The summed E-state index contributed by atoms with van der Waals surface area (Å²) in [7, 11) is 1.65. The fourth-order valence-corrected chi connectivity index (χ4v) is 2.35. The van der Waals surface area contributed by atoms with E-state index < -0.39 is 0 Å². The van der Waals surface area contributed by atoms with Crippen molar-refractivity contribution in [3.63, 3.8) is 0 Å². The van der Waals surface area contributed by atoms with E-state index in [2.05, 4.69) is 11.9 Å². The van der Waals surface area contributed by atoms with E-state index in [4.69, 9.17) is 9.47 Å². The van der Waals surface area contributed by atoms with Gasteiger partial charge in [0.15, 0.2) is 11.5 Å². The fourth-order valence-electron chi connectivity index (χ4n) is 1.62. The van der Waals surface area contributed by atoms with Crippen molar-refractivity contribution in [2.75, 3.05) is 7.11 Å². The van der Waals surface area contributed by atoms with Crippen LogP contribution in [0.1, 0.15) is 23.2 Å². The fraction of sp³-hybridized carbons (Fsp3) is 0.357. The van der Waals surface area contributed by atoms with Crippen LogP contribution >= 0.6 is 11.3 Å². The molecule has 2 aromatic rings. The molecule has 0 spiro atoms. The molecule has 0 aliphatic rings. The highest BCUT2D eigenvalue weighted by Crippen LogP contribution is 2.28. The van der Waals surface area contributed by atoms with Crippen molar-refractivity contribution in [2.45, 2.75) is 26.9 Å². The van der Waals surface area contributed by atoms with Crippen LogP contribution in [-0.2, 0) is 13.0 Å². The quantitative estimate of drug-likeness (QED) is 0.826. The van der Waals surface area contributed by atoms with Crippen molar-refractivity contribution < 1.29 is 9.47 Å². The third-order valence-electron chi connectivity index (χ3n) is 2.60. The van der Waals surface area contributed by atoms with Crippen molar-refractivity contribution in [1.82, 2.24) is 4.98 Å². The van der Waals surface area contributed by atoms with Crippen molar-refractivity contribution in [2.24, 2.45) is 0 Å². The molecule has 3 nitrogen and oxygen atoms in total. The van der Waals surface area contributed by atoms with Crippen molar-refractivity contribution in [1.29, 1.82) is 0 Å². The summed E-state index contributed by atoms with van der Waals surface area (Å²) in [4.78, 5) is 4.47. The molecule has 0 radical (unpaired) electrons. The molecule has 18 heavy (non-hydrogen) atoms. The number of benzene rings is 1. The second-order valence-electron chi connectivity index (χ2n) is 4.03. The number of thiazole rings is 1. The Balaban J connectivity index is 2.05. The standard InChI is InChI=1S/C14H17NO2S/c1-4-14-15-11(9-18-14)8-17-12-6-5-10(2)7-13(12)16-3/h5-7,9H,4,8H2,1-3H3. The average Bonchev–Trinajstić information content (AvgIpc) is 2.85. The SMILES string of the molecule is CCc1nc(COc2ccc(C)cc2OC)cs1. The van der Waals surface area contributed by atoms with Crippen LogP contribution in [0.15, 0.2) is 23.6 Å². The van der Waals surface area contributed by atoms with Crippen LogP contribution in [0.3, 0.4) is 0 Å². The lowest BCUT2D eigenvalue weighted by Gasteiger charge is -2.10. The summed E-state index contributed by atoms with van der Waals surface area (Å²) in [5.41, 5.74) is 2.13. The Labute approximate surface area is 111 Å². The Morgan fingerprint density at radius 1 is 1.28 bits per heavy atom. The van der Waals surface area contributed by atoms with Crippen molar-refractivity contribution >= 4 is 11.3 Å². The van der Waals surface area contributed by atoms with E-state index in [1.165, 1.54) is 0 Å². The van der Waals surface area contributed by atoms with Gasteiger partial charge < -0.3 is 9.47 Å². The lowest BCUT2D eigenvalue weighted by Crippen LogP contribution is -1.98. The molecule has 0 fully saturated rings. The molecular weight excluding hydrogens is 246 g/mol. The molecule has 0 bridgehead atoms. The number of rotatable bonds is 5. The summed E-state index contributed by atoms with van der Waals surface area (Å²) in [6, 6.07) is 5.91. The molecule has 0 aliphatic carbocycles. The number of hydrogen-bond acceptors (Lipinski definition) is 4. The van der Waals surface area contributed by atoms with Crippen LogP contribution in [0.25, 0.3) is 0 Å². The van der Waals surface area contributed by atoms with Crippen molar-refractivity contribution in [3.8, 4) is 11.5 Å². The summed E-state index contributed by atoms with van der Waals surface area (Å²) in [5, 5.41) is 3.18. The maximum atomic E-state index is 5.75. The zero-order valence-corrected chi connectivity index (χ0v) is 11.7. The molecule has 0 saturated heterocycles. The molecule has 4 heteroatoms. The zero-order chi connectivity index (χ0) is 13.0. The van der Waals surface area contributed by atoms with Crippen LogP contribution in [0.5, 0.6) is 11.5 Å². The molecule has 0 atom stereocenters. The van der Waals surface area contributed by atoms with Crippen LogP contribution in [0.2, 0.25) is 0 Å². The molecule has 0 amide bonds. The van der Waals surface area contributed by atoms with Crippen molar-refractivity contribution in [3.05, 3.63) is 39.8 Å². The van der Waals surface area contributed by atoms with Gasteiger partial charge in [-0.05, 0) is 31.0 Å². The van der Waals surface area contributed by atoms with Gasteiger partial charge in [0.2, 0.25) is 0 Å². The number of ether oxygens (including phenoxy) is 2. The summed E-state index contributed by atoms with van der Waals surface area (Å²) in [6.07, 6.45) is 0.971. The molecular formula is C14H17NO2S. The zero-order valence-electron chi connectivity index (χ0n) is 10.9. The topological polar surface area (TPSA) is 31.4 Å². The largest absolute Gasteiger partial charge is 0.493 e. The Hall–Kier alpha value is -1.55. The minimum absolute atomic E-state index is 0.482. The Kier molecular flexibility index (Phi) is 4.20. The lowest BCUT2D eigenvalue weighted by molar-refractivity contribution is 0.281. The van der Waals surface area contributed by atoms with E-state index in [9.17, 15) is 0 Å². The summed E-state index contributed by atoms with van der Waals surface area (Å²) in [6.45, 7) is 4.61. The molecule has 0 N–H and O–H groups in total. The van der Waals surface area contributed by atoms with E-state index >= 15 is 0 Å².